The van der Waals surface area contributed by atoms with Gasteiger partial charge in [0, 0.05) is 18.7 Å². The van der Waals surface area contributed by atoms with Gasteiger partial charge in [-0.05, 0) is 25.7 Å². The summed E-state index contributed by atoms with van der Waals surface area (Å²) in [5.74, 6) is 0.550. The Bertz CT molecular complexity index is 213. The van der Waals surface area contributed by atoms with Crippen LogP contribution in [0.2, 0.25) is 0 Å². The van der Waals surface area contributed by atoms with E-state index in [4.69, 9.17) is 4.74 Å². The number of rotatable bonds is 5. The second kappa shape index (κ2) is 6.86. The van der Waals surface area contributed by atoms with Gasteiger partial charge < -0.3 is 15.4 Å². The summed E-state index contributed by atoms with van der Waals surface area (Å²) < 4.78 is 5.34. The lowest BCUT2D eigenvalue weighted by atomic mass is 10.1. The fourth-order valence-corrected chi connectivity index (χ4v) is 1.61. The Balaban J connectivity index is 2.14. The number of nitrogens with one attached hydrogen (secondary N) is 2. The van der Waals surface area contributed by atoms with E-state index in [9.17, 15) is 4.79 Å². The molecule has 0 spiro atoms. The van der Waals surface area contributed by atoms with Crippen molar-refractivity contribution in [2.75, 3.05) is 19.8 Å². The maximum Gasteiger partial charge on any atom is 0.234 e. The SMILES string of the molecule is CC(C)C(C)NC(=O)CNC1CCCOC1. The van der Waals surface area contributed by atoms with Gasteiger partial charge in [-0.1, -0.05) is 13.8 Å². The van der Waals surface area contributed by atoms with Crippen LogP contribution in [0.3, 0.4) is 0 Å². The highest BCUT2D eigenvalue weighted by molar-refractivity contribution is 5.78. The molecule has 16 heavy (non-hydrogen) atoms. The highest BCUT2D eigenvalue weighted by atomic mass is 16.5. The van der Waals surface area contributed by atoms with Crippen molar-refractivity contribution in [3.05, 3.63) is 0 Å². The van der Waals surface area contributed by atoms with E-state index >= 15 is 0 Å². The van der Waals surface area contributed by atoms with Crippen molar-refractivity contribution >= 4 is 5.91 Å². The summed E-state index contributed by atoms with van der Waals surface area (Å²) in [6.45, 7) is 8.22. The summed E-state index contributed by atoms with van der Waals surface area (Å²) >= 11 is 0. The van der Waals surface area contributed by atoms with Crippen LogP contribution in [0, 0.1) is 5.92 Å². The fourth-order valence-electron chi connectivity index (χ4n) is 1.61. The normalized spacial score (nSPS) is 23.1. The quantitative estimate of drug-likeness (QED) is 0.735. The van der Waals surface area contributed by atoms with E-state index in [2.05, 4.69) is 24.5 Å². The first-order valence-corrected chi connectivity index (χ1v) is 6.20. The molecule has 1 rings (SSSR count). The van der Waals surface area contributed by atoms with E-state index in [1.807, 2.05) is 6.92 Å². The van der Waals surface area contributed by atoms with Gasteiger partial charge in [0.05, 0.1) is 13.2 Å². The first kappa shape index (κ1) is 13.5. The Hall–Kier alpha value is -0.610. The lowest BCUT2D eigenvalue weighted by Gasteiger charge is -2.24. The van der Waals surface area contributed by atoms with E-state index in [0.717, 1.165) is 26.1 Å². The van der Waals surface area contributed by atoms with Gasteiger partial charge in [-0.2, -0.15) is 0 Å². The van der Waals surface area contributed by atoms with Crippen LogP contribution in [-0.2, 0) is 9.53 Å². The van der Waals surface area contributed by atoms with Crippen LogP contribution in [0.25, 0.3) is 0 Å². The third-order valence-electron chi connectivity index (χ3n) is 3.10. The molecule has 4 nitrogen and oxygen atoms in total. The highest BCUT2D eigenvalue weighted by Crippen LogP contribution is 2.05. The molecule has 0 radical (unpaired) electrons. The molecule has 0 bridgehead atoms. The van der Waals surface area contributed by atoms with E-state index < -0.39 is 0 Å². The second-order valence-corrected chi connectivity index (χ2v) is 4.90. The van der Waals surface area contributed by atoms with Gasteiger partial charge in [0.15, 0.2) is 0 Å². The van der Waals surface area contributed by atoms with Crippen molar-refractivity contribution in [1.82, 2.24) is 10.6 Å². The Labute approximate surface area is 98.1 Å². The predicted octanol–water partition coefficient (Wildman–Crippen LogP) is 0.916. The zero-order chi connectivity index (χ0) is 12.0. The van der Waals surface area contributed by atoms with Gasteiger partial charge >= 0.3 is 0 Å². The van der Waals surface area contributed by atoms with E-state index in [-0.39, 0.29) is 11.9 Å². The van der Waals surface area contributed by atoms with Crippen LogP contribution >= 0.6 is 0 Å². The standard InChI is InChI=1S/C12H24N2O2/c1-9(2)10(3)14-12(15)7-13-11-5-4-6-16-8-11/h9-11,13H,4-8H2,1-3H3,(H,14,15). The van der Waals surface area contributed by atoms with Crippen LogP contribution in [-0.4, -0.2) is 37.7 Å². The third kappa shape index (κ3) is 4.94. The summed E-state index contributed by atoms with van der Waals surface area (Å²) in [6.07, 6.45) is 2.19. The molecule has 1 aliphatic heterocycles. The summed E-state index contributed by atoms with van der Waals surface area (Å²) in [4.78, 5) is 11.6. The molecule has 2 unspecified atom stereocenters. The molecular weight excluding hydrogens is 204 g/mol. The molecule has 0 saturated carbocycles. The minimum Gasteiger partial charge on any atom is -0.380 e. The summed E-state index contributed by atoms with van der Waals surface area (Å²) in [6, 6.07) is 0.575. The maximum absolute atomic E-state index is 11.6. The minimum absolute atomic E-state index is 0.0757. The average molecular weight is 228 g/mol. The number of hydrogen-bond acceptors (Lipinski definition) is 3. The fraction of sp³-hybridized carbons (Fsp3) is 0.917. The summed E-state index contributed by atoms with van der Waals surface area (Å²) in [7, 11) is 0. The van der Waals surface area contributed by atoms with Gasteiger partial charge in [0.2, 0.25) is 5.91 Å². The predicted molar refractivity (Wildman–Crippen MR) is 64.3 cm³/mol. The van der Waals surface area contributed by atoms with Crippen molar-refractivity contribution in [3.8, 4) is 0 Å². The van der Waals surface area contributed by atoms with Crippen molar-refractivity contribution in [1.29, 1.82) is 0 Å². The van der Waals surface area contributed by atoms with Crippen molar-refractivity contribution in [3.63, 3.8) is 0 Å². The summed E-state index contributed by atoms with van der Waals surface area (Å²) in [5.41, 5.74) is 0. The van der Waals surface area contributed by atoms with Crippen LogP contribution in [0.1, 0.15) is 33.6 Å². The molecule has 2 atom stereocenters. The highest BCUT2D eigenvalue weighted by Gasteiger charge is 2.15. The number of hydrogen-bond donors (Lipinski definition) is 2. The molecular formula is C12H24N2O2. The molecule has 1 amide bonds. The first-order chi connectivity index (χ1) is 7.59. The van der Waals surface area contributed by atoms with Crippen LogP contribution in [0.5, 0.6) is 0 Å². The largest absolute Gasteiger partial charge is 0.380 e. The van der Waals surface area contributed by atoms with Crippen molar-refractivity contribution in [2.24, 2.45) is 5.92 Å². The Morgan fingerprint density at radius 1 is 1.44 bits per heavy atom. The van der Waals surface area contributed by atoms with Crippen molar-refractivity contribution in [2.45, 2.75) is 45.7 Å². The number of carbonyl (C=O) groups is 1. The molecule has 1 saturated heterocycles. The van der Waals surface area contributed by atoms with Gasteiger partial charge in [-0.3, -0.25) is 4.79 Å². The lowest BCUT2D eigenvalue weighted by Crippen LogP contribution is -2.45. The second-order valence-electron chi connectivity index (χ2n) is 4.90. The molecule has 1 fully saturated rings. The zero-order valence-corrected chi connectivity index (χ0v) is 10.6. The van der Waals surface area contributed by atoms with Gasteiger partial charge in [-0.25, -0.2) is 0 Å². The van der Waals surface area contributed by atoms with Gasteiger partial charge in [0.1, 0.15) is 0 Å². The first-order valence-electron chi connectivity index (χ1n) is 6.20. The van der Waals surface area contributed by atoms with Gasteiger partial charge in [0.25, 0.3) is 0 Å². The molecule has 2 N–H and O–H groups in total. The van der Waals surface area contributed by atoms with E-state index in [1.165, 1.54) is 0 Å². The zero-order valence-electron chi connectivity index (χ0n) is 10.6. The van der Waals surface area contributed by atoms with Crippen LogP contribution in [0.4, 0.5) is 0 Å². The molecule has 94 valence electrons. The lowest BCUT2D eigenvalue weighted by molar-refractivity contribution is -0.121. The maximum atomic E-state index is 11.6. The molecule has 4 heteroatoms. The van der Waals surface area contributed by atoms with Crippen LogP contribution in [0.15, 0.2) is 0 Å². The Morgan fingerprint density at radius 2 is 2.19 bits per heavy atom. The van der Waals surface area contributed by atoms with E-state index in [0.29, 0.717) is 18.5 Å². The number of amides is 1. The monoisotopic (exact) mass is 228 g/mol. The Kier molecular flexibility index (Phi) is 5.77. The van der Waals surface area contributed by atoms with Crippen LogP contribution < -0.4 is 10.6 Å². The van der Waals surface area contributed by atoms with Gasteiger partial charge in [-0.15, -0.1) is 0 Å². The molecule has 0 aromatic heterocycles. The molecule has 1 aliphatic rings. The Morgan fingerprint density at radius 3 is 2.75 bits per heavy atom. The topological polar surface area (TPSA) is 50.4 Å². The molecule has 0 aliphatic carbocycles. The number of carbonyl (C=O) groups excluding carboxylic acids is 1. The smallest absolute Gasteiger partial charge is 0.234 e. The minimum atomic E-state index is 0.0757. The molecule has 0 aromatic carbocycles. The number of ether oxygens (including phenoxy) is 1. The summed E-state index contributed by atoms with van der Waals surface area (Å²) in [5, 5.41) is 6.21. The molecule has 0 aromatic rings. The molecule has 1 heterocycles. The third-order valence-corrected chi connectivity index (χ3v) is 3.10. The van der Waals surface area contributed by atoms with Crippen molar-refractivity contribution < 1.29 is 9.53 Å². The van der Waals surface area contributed by atoms with E-state index in [1.54, 1.807) is 0 Å². The average Bonchev–Trinajstić information content (AvgIpc) is 2.27.